The van der Waals surface area contributed by atoms with Crippen molar-refractivity contribution < 1.29 is 24.2 Å². The number of carboxylic acids is 1. The van der Waals surface area contributed by atoms with Crippen LogP contribution in [0, 0.1) is 0 Å². The minimum Gasteiger partial charge on any atom is -0.479 e. The van der Waals surface area contributed by atoms with Gasteiger partial charge in [0.15, 0.2) is 5.54 Å². The van der Waals surface area contributed by atoms with E-state index < -0.39 is 11.5 Å². The Morgan fingerprint density at radius 3 is 2.35 bits per heavy atom. The van der Waals surface area contributed by atoms with Gasteiger partial charge < -0.3 is 20.5 Å². The molecular formula is C13H24N2O5. The van der Waals surface area contributed by atoms with Crippen molar-refractivity contribution in [1.82, 2.24) is 10.6 Å². The van der Waals surface area contributed by atoms with Gasteiger partial charge in [-0.1, -0.05) is 6.42 Å². The molecule has 0 aliphatic carbocycles. The van der Waals surface area contributed by atoms with Crippen molar-refractivity contribution in [1.29, 1.82) is 0 Å². The first kappa shape index (κ1) is 18.4. The topological polar surface area (TPSA) is 105 Å². The lowest BCUT2D eigenvalue weighted by molar-refractivity contribution is -0.149. The lowest BCUT2D eigenvalue weighted by atomic mass is 10.0. The summed E-state index contributed by atoms with van der Waals surface area (Å²) in [4.78, 5) is 33.4. The monoisotopic (exact) mass is 288 g/mol. The molecule has 1 unspecified atom stereocenters. The number of carboxylic acid groups (broad SMARTS) is 1. The van der Waals surface area contributed by atoms with Gasteiger partial charge in [0.05, 0.1) is 6.61 Å². The van der Waals surface area contributed by atoms with E-state index in [1.165, 1.54) is 21.0 Å². The number of ether oxygens (including phenoxy) is 1. The van der Waals surface area contributed by atoms with Crippen molar-refractivity contribution in [3.8, 4) is 0 Å². The number of carbonyl (C=O) groups excluding carboxylic acids is 2. The van der Waals surface area contributed by atoms with Crippen LogP contribution in [0.2, 0.25) is 0 Å². The van der Waals surface area contributed by atoms with Gasteiger partial charge in [0.1, 0.15) is 0 Å². The molecule has 0 spiro atoms. The molecule has 20 heavy (non-hydrogen) atoms. The number of hydrogen-bond donors (Lipinski definition) is 3. The second kappa shape index (κ2) is 9.30. The van der Waals surface area contributed by atoms with Crippen LogP contribution in [0.15, 0.2) is 0 Å². The molecule has 0 aromatic carbocycles. The molecule has 0 saturated heterocycles. The van der Waals surface area contributed by atoms with Crippen LogP contribution < -0.4 is 10.6 Å². The third-order valence-electron chi connectivity index (χ3n) is 2.77. The number of aliphatic carboxylic acids is 1. The van der Waals surface area contributed by atoms with Gasteiger partial charge in [-0.25, -0.2) is 4.79 Å². The highest BCUT2D eigenvalue weighted by atomic mass is 16.5. The summed E-state index contributed by atoms with van der Waals surface area (Å²) < 4.78 is 4.81. The largest absolute Gasteiger partial charge is 0.479 e. The van der Waals surface area contributed by atoms with E-state index in [-0.39, 0.29) is 24.8 Å². The standard InChI is InChI=1S/C13H24N2O5/c1-10(16)14-8-6-4-5-7-11(17)15-13(2,9-20-3)12(18)19/h4-9H2,1-3H3,(H,14,16)(H,15,17)(H,18,19). The predicted molar refractivity (Wildman–Crippen MR) is 73.2 cm³/mol. The Labute approximate surface area is 119 Å². The van der Waals surface area contributed by atoms with Crippen molar-refractivity contribution in [2.75, 3.05) is 20.3 Å². The molecule has 116 valence electrons. The molecule has 0 aliphatic heterocycles. The molecule has 0 aliphatic rings. The fraction of sp³-hybridized carbons (Fsp3) is 0.769. The van der Waals surface area contributed by atoms with Crippen LogP contribution in [-0.4, -0.2) is 48.7 Å². The Hall–Kier alpha value is -1.63. The van der Waals surface area contributed by atoms with Gasteiger partial charge in [-0.3, -0.25) is 9.59 Å². The highest BCUT2D eigenvalue weighted by Crippen LogP contribution is 2.07. The zero-order valence-electron chi connectivity index (χ0n) is 12.3. The predicted octanol–water partition coefficient (Wildman–Crippen LogP) is 0.289. The van der Waals surface area contributed by atoms with Crippen molar-refractivity contribution in [3.05, 3.63) is 0 Å². The highest BCUT2D eigenvalue weighted by Gasteiger charge is 2.34. The first-order valence-corrected chi connectivity index (χ1v) is 6.59. The Kier molecular flexibility index (Phi) is 8.54. The highest BCUT2D eigenvalue weighted by molar-refractivity contribution is 5.86. The third-order valence-corrected chi connectivity index (χ3v) is 2.77. The van der Waals surface area contributed by atoms with Gasteiger partial charge in [-0.2, -0.15) is 0 Å². The van der Waals surface area contributed by atoms with Crippen molar-refractivity contribution in [2.24, 2.45) is 0 Å². The van der Waals surface area contributed by atoms with E-state index in [4.69, 9.17) is 9.84 Å². The number of amides is 2. The molecule has 0 bridgehead atoms. The molecule has 0 aromatic rings. The Bertz CT molecular complexity index is 346. The van der Waals surface area contributed by atoms with E-state index in [2.05, 4.69) is 10.6 Å². The fourth-order valence-corrected chi connectivity index (χ4v) is 1.66. The minimum absolute atomic E-state index is 0.0699. The number of hydrogen-bond acceptors (Lipinski definition) is 4. The fourth-order valence-electron chi connectivity index (χ4n) is 1.66. The third kappa shape index (κ3) is 7.73. The molecular weight excluding hydrogens is 264 g/mol. The molecule has 1 atom stereocenters. The average Bonchev–Trinajstić information content (AvgIpc) is 2.33. The summed E-state index contributed by atoms with van der Waals surface area (Å²) in [5, 5.41) is 14.2. The van der Waals surface area contributed by atoms with Gasteiger partial charge in [-0.05, 0) is 19.8 Å². The summed E-state index contributed by atoms with van der Waals surface area (Å²) in [5.74, 6) is -1.51. The number of carbonyl (C=O) groups is 3. The number of nitrogens with one attached hydrogen (secondary N) is 2. The quantitative estimate of drug-likeness (QED) is 0.501. The van der Waals surface area contributed by atoms with Gasteiger partial charge in [0.25, 0.3) is 0 Å². The summed E-state index contributed by atoms with van der Waals surface area (Å²) in [5.41, 5.74) is -1.40. The number of rotatable bonds is 10. The molecule has 0 radical (unpaired) electrons. The SMILES string of the molecule is COCC(C)(NC(=O)CCCCCNC(C)=O)C(=O)O. The Morgan fingerprint density at radius 1 is 1.20 bits per heavy atom. The van der Waals surface area contributed by atoms with E-state index in [1.807, 2.05) is 0 Å². The van der Waals surface area contributed by atoms with E-state index in [0.717, 1.165) is 12.8 Å². The van der Waals surface area contributed by atoms with Crippen LogP contribution in [-0.2, 0) is 19.1 Å². The average molecular weight is 288 g/mol. The van der Waals surface area contributed by atoms with Crippen molar-refractivity contribution in [2.45, 2.75) is 45.1 Å². The summed E-state index contributed by atoms with van der Waals surface area (Å²) in [7, 11) is 1.38. The Balaban J connectivity index is 3.92. The van der Waals surface area contributed by atoms with Crippen LogP contribution in [0.4, 0.5) is 0 Å². The summed E-state index contributed by atoms with van der Waals surface area (Å²) in [6.07, 6.45) is 2.49. The van der Waals surface area contributed by atoms with Crippen LogP contribution >= 0.6 is 0 Å². The summed E-state index contributed by atoms with van der Waals surface area (Å²) >= 11 is 0. The van der Waals surface area contributed by atoms with E-state index in [0.29, 0.717) is 13.0 Å². The first-order chi connectivity index (χ1) is 9.31. The summed E-state index contributed by atoms with van der Waals surface area (Å²) in [6.45, 7) is 3.37. The maximum absolute atomic E-state index is 11.7. The zero-order chi connectivity index (χ0) is 15.6. The first-order valence-electron chi connectivity index (χ1n) is 6.59. The van der Waals surface area contributed by atoms with E-state index in [9.17, 15) is 14.4 Å². The van der Waals surface area contributed by atoms with Gasteiger partial charge in [0, 0.05) is 27.0 Å². The second-order valence-corrected chi connectivity index (χ2v) is 4.91. The van der Waals surface area contributed by atoms with E-state index in [1.54, 1.807) is 0 Å². The zero-order valence-corrected chi connectivity index (χ0v) is 12.3. The smallest absolute Gasteiger partial charge is 0.331 e. The molecule has 7 nitrogen and oxygen atoms in total. The lowest BCUT2D eigenvalue weighted by Gasteiger charge is -2.25. The maximum Gasteiger partial charge on any atom is 0.331 e. The maximum atomic E-state index is 11.7. The molecule has 0 fully saturated rings. The van der Waals surface area contributed by atoms with Gasteiger partial charge in [-0.15, -0.1) is 0 Å². The van der Waals surface area contributed by atoms with Crippen molar-refractivity contribution >= 4 is 17.8 Å². The van der Waals surface area contributed by atoms with Crippen LogP contribution in [0.1, 0.15) is 39.5 Å². The van der Waals surface area contributed by atoms with Crippen molar-refractivity contribution in [3.63, 3.8) is 0 Å². The second-order valence-electron chi connectivity index (χ2n) is 4.91. The molecule has 7 heteroatoms. The molecule has 0 aromatic heterocycles. The normalized spacial score (nSPS) is 13.3. The van der Waals surface area contributed by atoms with Gasteiger partial charge in [0.2, 0.25) is 11.8 Å². The number of methoxy groups -OCH3 is 1. The Morgan fingerprint density at radius 2 is 1.85 bits per heavy atom. The molecule has 0 heterocycles. The van der Waals surface area contributed by atoms with Gasteiger partial charge >= 0.3 is 5.97 Å². The molecule has 2 amide bonds. The molecule has 0 rings (SSSR count). The molecule has 3 N–H and O–H groups in total. The summed E-state index contributed by atoms with van der Waals surface area (Å²) in [6, 6.07) is 0. The van der Waals surface area contributed by atoms with E-state index >= 15 is 0 Å². The molecule has 0 saturated carbocycles. The van der Waals surface area contributed by atoms with Crippen LogP contribution in [0.3, 0.4) is 0 Å². The number of unbranched alkanes of at least 4 members (excludes halogenated alkanes) is 2. The van der Waals surface area contributed by atoms with Crippen LogP contribution in [0.5, 0.6) is 0 Å². The minimum atomic E-state index is -1.40. The van der Waals surface area contributed by atoms with Crippen LogP contribution in [0.25, 0.3) is 0 Å². The lowest BCUT2D eigenvalue weighted by Crippen LogP contribution is -2.55.